The lowest BCUT2D eigenvalue weighted by atomic mass is 10.2. The van der Waals surface area contributed by atoms with Gasteiger partial charge in [0, 0.05) is 5.75 Å². The number of aromatic nitrogens is 4. The summed E-state index contributed by atoms with van der Waals surface area (Å²) in [6, 6.07) is 9.27. The van der Waals surface area contributed by atoms with Crippen LogP contribution in [0.15, 0.2) is 44.6 Å². The number of hydrogen-bond acceptors (Lipinski definition) is 9. The lowest BCUT2D eigenvalue weighted by Crippen LogP contribution is -2.28. The van der Waals surface area contributed by atoms with Gasteiger partial charge in [-0.3, -0.25) is 24.6 Å². The van der Waals surface area contributed by atoms with Crippen molar-refractivity contribution >= 4 is 17.6 Å². The molecule has 3 rings (SSSR count). The summed E-state index contributed by atoms with van der Waals surface area (Å²) in [7, 11) is 0. The smallest absolute Gasteiger partial charge is 0.359 e. The molecule has 118 valence electrons. The summed E-state index contributed by atoms with van der Waals surface area (Å²) < 4.78 is 8.65. The molecule has 0 aliphatic heterocycles. The van der Waals surface area contributed by atoms with Gasteiger partial charge in [0.1, 0.15) is 9.83 Å². The van der Waals surface area contributed by atoms with Gasteiger partial charge >= 0.3 is 5.82 Å². The van der Waals surface area contributed by atoms with Crippen LogP contribution in [0.1, 0.15) is 5.56 Å². The Morgan fingerprint density at radius 3 is 2.52 bits per heavy atom. The second-order valence-corrected chi connectivity index (χ2v) is 5.18. The van der Waals surface area contributed by atoms with E-state index < -0.39 is 21.3 Å². The molecule has 0 aliphatic carbocycles. The standard InChI is InChI=1S/C11H7N5O6S/c17-14(18)11-8(12-21-16(11)20)9-10(13-22-15(9)19)23-6-7-4-2-1-3-5-7/h1-5H,6H2. The van der Waals surface area contributed by atoms with Gasteiger partial charge in [0.2, 0.25) is 0 Å². The minimum absolute atomic E-state index is 0.0563. The van der Waals surface area contributed by atoms with Crippen molar-refractivity contribution in [2.24, 2.45) is 0 Å². The summed E-state index contributed by atoms with van der Waals surface area (Å²) in [5, 5.41) is 40.7. The quantitative estimate of drug-likeness (QED) is 0.285. The molecule has 2 aromatic heterocycles. The molecule has 2 heterocycles. The molecule has 0 spiro atoms. The zero-order valence-electron chi connectivity index (χ0n) is 11.2. The number of benzene rings is 1. The van der Waals surface area contributed by atoms with E-state index in [9.17, 15) is 20.5 Å². The highest BCUT2D eigenvalue weighted by Gasteiger charge is 2.40. The van der Waals surface area contributed by atoms with Gasteiger partial charge in [-0.05, 0) is 10.5 Å². The molecule has 0 bridgehead atoms. The molecule has 0 radical (unpaired) electrons. The van der Waals surface area contributed by atoms with Crippen LogP contribution in [0.4, 0.5) is 5.82 Å². The van der Waals surface area contributed by atoms with Crippen LogP contribution in [0, 0.1) is 20.5 Å². The minimum Gasteiger partial charge on any atom is -0.359 e. The fourth-order valence-corrected chi connectivity index (χ4v) is 2.68. The van der Waals surface area contributed by atoms with Gasteiger partial charge < -0.3 is 5.21 Å². The third-order valence-corrected chi connectivity index (χ3v) is 3.81. The first-order valence-corrected chi connectivity index (χ1v) is 7.07. The predicted octanol–water partition coefficient (Wildman–Crippen LogP) is 0.797. The zero-order chi connectivity index (χ0) is 16.4. The van der Waals surface area contributed by atoms with Gasteiger partial charge in [0.05, 0.1) is 5.16 Å². The van der Waals surface area contributed by atoms with Crippen LogP contribution < -0.4 is 9.81 Å². The molecular weight excluding hydrogens is 330 g/mol. The first kappa shape index (κ1) is 14.8. The molecule has 0 atom stereocenters. The van der Waals surface area contributed by atoms with E-state index in [4.69, 9.17) is 0 Å². The van der Waals surface area contributed by atoms with Crippen molar-refractivity contribution in [3.63, 3.8) is 0 Å². The summed E-state index contributed by atoms with van der Waals surface area (Å²) in [5.74, 6) is -0.581. The Balaban J connectivity index is 1.95. The molecular formula is C11H7N5O6S. The van der Waals surface area contributed by atoms with E-state index >= 15 is 0 Å². The molecule has 0 saturated heterocycles. The van der Waals surface area contributed by atoms with Crippen molar-refractivity contribution < 1.29 is 24.0 Å². The molecule has 0 saturated carbocycles. The van der Waals surface area contributed by atoms with E-state index in [1.807, 2.05) is 30.3 Å². The maximum Gasteiger partial charge on any atom is 0.591 e. The third kappa shape index (κ3) is 2.78. The summed E-state index contributed by atoms with van der Waals surface area (Å²) in [6.45, 7) is 0. The average Bonchev–Trinajstić information content (AvgIpc) is 3.08. The summed E-state index contributed by atoms with van der Waals surface area (Å²) >= 11 is 1.10. The molecule has 12 heteroatoms. The van der Waals surface area contributed by atoms with Crippen molar-refractivity contribution in [2.75, 3.05) is 0 Å². The molecule has 0 amide bonds. The SMILES string of the molecule is O=[N+]([O-])c1c(-c2c(SCc3ccccc3)no[n+]2[O-])no[n+]1[O-]. The van der Waals surface area contributed by atoms with Crippen LogP contribution >= 0.6 is 11.8 Å². The second kappa shape index (κ2) is 5.92. The van der Waals surface area contributed by atoms with Crippen molar-refractivity contribution in [1.82, 2.24) is 10.3 Å². The molecule has 23 heavy (non-hydrogen) atoms. The lowest BCUT2D eigenvalue weighted by Gasteiger charge is -1.96. The zero-order valence-corrected chi connectivity index (χ0v) is 12.0. The van der Waals surface area contributed by atoms with Gasteiger partial charge in [0.15, 0.2) is 0 Å². The Kier molecular flexibility index (Phi) is 3.80. The number of rotatable bonds is 5. The molecule has 0 aliphatic rings. The lowest BCUT2D eigenvalue weighted by molar-refractivity contribution is -0.825. The van der Waals surface area contributed by atoms with Crippen LogP contribution in [0.5, 0.6) is 0 Å². The van der Waals surface area contributed by atoms with Gasteiger partial charge in [0.25, 0.3) is 16.4 Å². The Morgan fingerprint density at radius 1 is 1.13 bits per heavy atom. The molecule has 1 aromatic carbocycles. The van der Waals surface area contributed by atoms with Gasteiger partial charge in [-0.1, -0.05) is 42.1 Å². The van der Waals surface area contributed by atoms with Crippen molar-refractivity contribution in [1.29, 1.82) is 0 Å². The van der Waals surface area contributed by atoms with E-state index in [2.05, 4.69) is 19.6 Å². The van der Waals surface area contributed by atoms with E-state index in [0.29, 0.717) is 5.75 Å². The Hall–Kier alpha value is -3.15. The van der Waals surface area contributed by atoms with Crippen LogP contribution in [-0.2, 0) is 5.75 Å². The molecule has 0 fully saturated rings. The average molecular weight is 337 g/mol. The maximum absolute atomic E-state index is 11.7. The first-order chi connectivity index (χ1) is 11.1. The van der Waals surface area contributed by atoms with Crippen LogP contribution in [0.25, 0.3) is 11.4 Å². The maximum atomic E-state index is 11.7. The molecule has 0 N–H and O–H groups in total. The van der Waals surface area contributed by atoms with Crippen LogP contribution in [0.2, 0.25) is 0 Å². The second-order valence-electron chi connectivity index (χ2n) is 4.22. The van der Waals surface area contributed by atoms with Crippen LogP contribution in [0.3, 0.4) is 0 Å². The largest absolute Gasteiger partial charge is 0.591 e. The summed E-state index contributed by atoms with van der Waals surface area (Å²) in [4.78, 5) is 9.46. The van der Waals surface area contributed by atoms with Gasteiger partial charge in [-0.25, -0.2) is 0 Å². The van der Waals surface area contributed by atoms with Crippen LogP contribution in [-0.4, -0.2) is 15.2 Å². The molecule has 11 nitrogen and oxygen atoms in total. The Labute approximate surface area is 131 Å². The number of thioether (sulfide) groups is 1. The number of hydrogen-bond donors (Lipinski definition) is 0. The van der Waals surface area contributed by atoms with Crippen molar-refractivity contribution in [2.45, 2.75) is 10.8 Å². The highest BCUT2D eigenvalue weighted by Crippen LogP contribution is 2.31. The van der Waals surface area contributed by atoms with E-state index in [-0.39, 0.29) is 15.6 Å². The fourth-order valence-electron chi connectivity index (χ4n) is 1.79. The van der Waals surface area contributed by atoms with Crippen molar-refractivity contribution in [3.05, 3.63) is 56.4 Å². The summed E-state index contributed by atoms with van der Waals surface area (Å²) in [6.07, 6.45) is 0. The van der Waals surface area contributed by atoms with E-state index in [1.165, 1.54) is 0 Å². The Bertz CT molecular complexity index is 848. The minimum atomic E-state index is -1.01. The number of nitrogens with zero attached hydrogens (tertiary/aromatic N) is 5. The third-order valence-electron chi connectivity index (χ3n) is 2.79. The fraction of sp³-hybridized carbons (Fsp3) is 0.0909. The van der Waals surface area contributed by atoms with Gasteiger partial charge in [-0.2, -0.15) is 0 Å². The molecule has 3 aromatic rings. The molecule has 0 unspecified atom stereocenters. The van der Waals surface area contributed by atoms with E-state index in [0.717, 1.165) is 17.3 Å². The highest BCUT2D eigenvalue weighted by atomic mass is 32.2. The van der Waals surface area contributed by atoms with Crippen molar-refractivity contribution in [3.8, 4) is 11.4 Å². The predicted molar refractivity (Wildman–Crippen MR) is 72.6 cm³/mol. The Morgan fingerprint density at radius 2 is 1.83 bits per heavy atom. The number of nitro groups is 1. The summed E-state index contributed by atoms with van der Waals surface area (Å²) in [5.41, 5.74) is 0.0465. The first-order valence-electron chi connectivity index (χ1n) is 6.09. The van der Waals surface area contributed by atoms with E-state index in [1.54, 1.807) is 0 Å². The monoisotopic (exact) mass is 337 g/mol. The van der Waals surface area contributed by atoms with Gasteiger partial charge in [-0.15, -0.1) is 5.16 Å². The topological polar surface area (TPSA) is 149 Å². The highest BCUT2D eigenvalue weighted by molar-refractivity contribution is 7.98. The normalized spacial score (nSPS) is 10.8.